The summed E-state index contributed by atoms with van der Waals surface area (Å²) in [5.41, 5.74) is 2.72. The summed E-state index contributed by atoms with van der Waals surface area (Å²) < 4.78 is 24.6. The SMILES string of the molecule is COc1ccc(-n2nc(C(C)C)cc2NC(=O)Nc2ccc(Oc3cc(NC(CN4CCOCC4OC)NC(=O)c4ccccc4)ncn3)c3ccccc23)cc1. The number of carbonyl (C=O) groups excluding carboxylic acids is 2. The molecule has 3 amide bonds. The molecule has 1 aliphatic heterocycles. The van der Waals surface area contributed by atoms with Crippen LogP contribution in [0.4, 0.5) is 22.1 Å². The number of rotatable bonds is 14. The van der Waals surface area contributed by atoms with Crippen LogP contribution in [0.25, 0.3) is 16.5 Å². The standard InChI is InChI=1S/C42H45N9O6/c1-27(2)34-22-38(51(49-34)29-14-16-30(54-3)17-15-29)48-42(53)45-33-18-19-35(32-13-9-8-12-31(32)33)57-39-23-36(43-26-44-39)46-37(24-50-20-21-56-25-40(50)55-4)47-41(52)28-10-6-5-7-11-28/h5-19,22-23,26-27,37,40H,20-21,24-25H2,1-4H3,(H,47,52)(H,43,44,46)(H2,45,48,53). The second-order valence-corrected chi connectivity index (χ2v) is 13.6. The molecule has 0 radical (unpaired) electrons. The van der Waals surface area contributed by atoms with Gasteiger partial charge in [-0.25, -0.2) is 19.4 Å². The van der Waals surface area contributed by atoms with Crippen molar-refractivity contribution in [2.24, 2.45) is 0 Å². The van der Waals surface area contributed by atoms with Crippen LogP contribution in [0.15, 0.2) is 109 Å². The lowest BCUT2D eigenvalue weighted by Gasteiger charge is -2.37. The van der Waals surface area contributed by atoms with E-state index >= 15 is 0 Å². The van der Waals surface area contributed by atoms with Gasteiger partial charge in [-0.1, -0.05) is 56.3 Å². The minimum atomic E-state index is -0.555. The van der Waals surface area contributed by atoms with Gasteiger partial charge in [0.2, 0.25) is 5.88 Å². The zero-order valence-corrected chi connectivity index (χ0v) is 32.1. The van der Waals surface area contributed by atoms with Crippen LogP contribution in [0.3, 0.4) is 0 Å². The number of carbonyl (C=O) groups is 2. The topological polar surface area (TPSA) is 166 Å². The van der Waals surface area contributed by atoms with E-state index in [1.165, 1.54) is 6.33 Å². The van der Waals surface area contributed by atoms with Gasteiger partial charge in [-0.15, -0.1) is 0 Å². The first-order valence-electron chi connectivity index (χ1n) is 18.6. The van der Waals surface area contributed by atoms with Crippen molar-refractivity contribution in [1.82, 2.24) is 30.0 Å². The molecule has 4 aromatic carbocycles. The monoisotopic (exact) mass is 771 g/mol. The van der Waals surface area contributed by atoms with Gasteiger partial charge in [0, 0.05) is 48.7 Å². The molecule has 7 rings (SSSR count). The zero-order valence-electron chi connectivity index (χ0n) is 32.1. The van der Waals surface area contributed by atoms with Crippen molar-refractivity contribution in [2.45, 2.75) is 32.2 Å². The summed E-state index contributed by atoms with van der Waals surface area (Å²) in [6.07, 6.45) is 0.572. The Hall–Kier alpha value is -6.55. The van der Waals surface area contributed by atoms with Crippen molar-refractivity contribution in [2.75, 3.05) is 56.5 Å². The Kier molecular flexibility index (Phi) is 12.2. The van der Waals surface area contributed by atoms with Gasteiger partial charge >= 0.3 is 6.03 Å². The van der Waals surface area contributed by atoms with Crippen LogP contribution in [0.5, 0.6) is 17.4 Å². The van der Waals surface area contributed by atoms with E-state index < -0.39 is 12.2 Å². The number of aromatic nitrogens is 4. The van der Waals surface area contributed by atoms with Gasteiger partial charge in [0.05, 0.1) is 37.4 Å². The first-order chi connectivity index (χ1) is 27.8. The lowest BCUT2D eigenvalue weighted by Crippen LogP contribution is -2.55. The highest BCUT2D eigenvalue weighted by molar-refractivity contribution is 6.07. The normalized spacial score (nSPS) is 14.9. The third-order valence-electron chi connectivity index (χ3n) is 9.41. The molecule has 3 heterocycles. The Balaban J connectivity index is 1.08. The number of anilines is 3. The summed E-state index contributed by atoms with van der Waals surface area (Å²) in [5, 5.41) is 18.7. The number of methoxy groups -OCH3 is 2. The van der Waals surface area contributed by atoms with Gasteiger partial charge in [-0.05, 0) is 54.4 Å². The number of nitrogens with zero attached hydrogens (tertiary/aromatic N) is 5. The number of benzene rings is 4. The van der Waals surface area contributed by atoms with Gasteiger partial charge < -0.3 is 34.9 Å². The second kappa shape index (κ2) is 17.9. The van der Waals surface area contributed by atoms with Gasteiger partial charge in [0.1, 0.15) is 41.9 Å². The molecule has 15 heteroatoms. The number of urea groups is 1. The Bertz CT molecular complexity index is 2300. The first kappa shape index (κ1) is 38.7. The van der Waals surface area contributed by atoms with E-state index in [-0.39, 0.29) is 23.9 Å². The third kappa shape index (κ3) is 9.47. The molecule has 294 valence electrons. The maximum Gasteiger partial charge on any atom is 0.324 e. The number of hydrogen-bond donors (Lipinski definition) is 4. The van der Waals surface area contributed by atoms with Crippen molar-refractivity contribution in [3.05, 3.63) is 121 Å². The summed E-state index contributed by atoms with van der Waals surface area (Å²) >= 11 is 0. The molecule has 1 aliphatic rings. The van der Waals surface area contributed by atoms with E-state index in [1.54, 1.807) is 49.2 Å². The fourth-order valence-corrected chi connectivity index (χ4v) is 6.43. The second-order valence-electron chi connectivity index (χ2n) is 13.6. The van der Waals surface area contributed by atoms with E-state index in [1.807, 2.05) is 86.6 Å². The molecule has 0 aliphatic carbocycles. The number of nitrogens with one attached hydrogen (secondary N) is 4. The fourth-order valence-electron chi connectivity index (χ4n) is 6.43. The van der Waals surface area contributed by atoms with E-state index in [9.17, 15) is 9.59 Å². The molecule has 2 unspecified atom stereocenters. The molecular weight excluding hydrogens is 727 g/mol. The van der Waals surface area contributed by atoms with E-state index in [2.05, 4.69) is 36.1 Å². The van der Waals surface area contributed by atoms with Crippen molar-refractivity contribution < 1.29 is 28.5 Å². The molecule has 0 bridgehead atoms. The minimum Gasteiger partial charge on any atom is -0.497 e. The van der Waals surface area contributed by atoms with Gasteiger partial charge in [-0.2, -0.15) is 5.10 Å². The van der Waals surface area contributed by atoms with Gasteiger partial charge in [-0.3, -0.25) is 15.0 Å². The van der Waals surface area contributed by atoms with Crippen LogP contribution in [0.2, 0.25) is 0 Å². The lowest BCUT2D eigenvalue weighted by atomic mass is 10.1. The van der Waals surface area contributed by atoms with Crippen molar-refractivity contribution in [1.29, 1.82) is 0 Å². The quantitative estimate of drug-likeness (QED) is 0.0856. The molecule has 1 fully saturated rings. The average Bonchev–Trinajstić information content (AvgIpc) is 3.66. The Morgan fingerprint density at radius 3 is 2.42 bits per heavy atom. The fraction of sp³-hybridized carbons (Fsp3) is 0.262. The smallest absolute Gasteiger partial charge is 0.324 e. The van der Waals surface area contributed by atoms with Crippen LogP contribution < -0.4 is 30.7 Å². The molecule has 0 saturated carbocycles. The highest BCUT2D eigenvalue weighted by Crippen LogP contribution is 2.34. The third-order valence-corrected chi connectivity index (χ3v) is 9.41. The molecule has 0 spiro atoms. The number of fused-ring (bicyclic) bond motifs is 1. The lowest BCUT2D eigenvalue weighted by molar-refractivity contribution is -0.125. The van der Waals surface area contributed by atoms with E-state index in [0.29, 0.717) is 54.9 Å². The number of morpholine rings is 1. The molecule has 4 N–H and O–H groups in total. The molecule has 57 heavy (non-hydrogen) atoms. The van der Waals surface area contributed by atoms with Crippen LogP contribution in [0.1, 0.15) is 35.8 Å². The molecule has 2 aromatic heterocycles. The summed E-state index contributed by atoms with van der Waals surface area (Å²) in [6, 6.07) is 30.7. The van der Waals surface area contributed by atoms with Crippen LogP contribution >= 0.6 is 0 Å². The molecule has 1 saturated heterocycles. The maximum absolute atomic E-state index is 13.5. The van der Waals surface area contributed by atoms with E-state index in [4.69, 9.17) is 24.0 Å². The average molecular weight is 772 g/mol. The van der Waals surface area contributed by atoms with Crippen molar-refractivity contribution >= 4 is 40.0 Å². The number of hydrogen-bond acceptors (Lipinski definition) is 11. The molecule has 6 aromatic rings. The minimum absolute atomic E-state index is 0.145. The summed E-state index contributed by atoms with van der Waals surface area (Å²) in [6.45, 7) is 6.11. The first-order valence-corrected chi connectivity index (χ1v) is 18.6. The van der Waals surface area contributed by atoms with Crippen LogP contribution in [-0.4, -0.2) is 89.5 Å². The highest BCUT2D eigenvalue weighted by Gasteiger charge is 2.27. The predicted octanol–water partition coefficient (Wildman–Crippen LogP) is 6.86. The molecule has 2 atom stereocenters. The summed E-state index contributed by atoms with van der Waals surface area (Å²) in [5.74, 6) is 2.38. The Morgan fingerprint density at radius 1 is 0.895 bits per heavy atom. The number of ether oxygens (including phenoxy) is 4. The Labute approximate surface area is 330 Å². The zero-order chi connectivity index (χ0) is 39.7. The van der Waals surface area contributed by atoms with Crippen molar-refractivity contribution in [3.63, 3.8) is 0 Å². The van der Waals surface area contributed by atoms with E-state index in [0.717, 1.165) is 27.9 Å². The number of amides is 3. The van der Waals surface area contributed by atoms with Crippen molar-refractivity contribution in [3.8, 4) is 23.1 Å². The Morgan fingerprint density at radius 2 is 1.67 bits per heavy atom. The molecule has 15 nitrogen and oxygen atoms in total. The largest absolute Gasteiger partial charge is 0.497 e. The van der Waals surface area contributed by atoms with Crippen LogP contribution in [0, 0.1) is 0 Å². The van der Waals surface area contributed by atoms with Crippen LogP contribution in [-0.2, 0) is 9.47 Å². The molecular formula is C42H45N9O6. The highest BCUT2D eigenvalue weighted by atomic mass is 16.5. The maximum atomic E-state index is 13.5. The van der Waals surface area contributed by atoms with Gasteiger partial charge in [0.15, 0.2) is 0 Å². The van der Waals surface area contributed by atoms with Gasteiger partial charge in [0.25, 0.3) is 5.91 Å². The predicted molar refractivity (Wildman–Crippen MR) is 217 cm³/mol. The summed E-state index contributed by atoms with van der Waals surface area (Å²) in [7, 11) is 3.25. The summed E-state index contributed by atoms with van der Waals surface area (Å²) in [4.78, 5) is 37.7.